The van der Waals surface area contributed by atoms with Crippen molar-refractivity contribution in [2.75, 3.05) is 11.9 Å². The molecule has 0 aliphatic heterocycles. The summed E-state index contributed by atoms with van der Waals surface area (Å²) in [5.74, 6) is 0.277. The van der Waals surface area contributed by atoms with E-state index in [0.717, 1.165) is 28.6 Å². The monoisotopic (exact) mass is 285 g/mol. The number of benzene rings is 1. The number of aromatic nitrogens is 1. The van der Waals surface area contributed by atoms with Crippen molar-refractivity contribution >= 4 is 22.5 Å². The Balaban J connectivity index is 2.27. The average molecular weight is 285 g/mol. The molecule has 0 aliphatic carbocycles. The molecule has 0 spiro atoms. The van der Waals surface area contributed by atoms with Crippen LogP contribution in [-0.2, 0) is 4.79 Å². The SMILES string of the molecule is Cc1ccc(NC(=O)C(CN)CC(C)C)c2cccnc12. The van der Waals surface area contributed by atoms with Crippen molar-refractivity contribution in [3.63, 3.8) is 0 Å². The lowest BCUT2D eigenvalue weighted by atomic mass is 9.96. The van der Waals surface area contributed by atoms with Gasteiger partial charge < -0.3 is 11.1 Å². The minimum Gasteiger partial charge on any atom is -0.330 e. The molecule has 4 nitrogen and oxygen atoms in total. The van der Waals surface area contributed by atoms with Crippen LogP contribution in [0.15, 0.2) is 30.5 Å². The molecule has 4 heteroatoms. The van der Waals surface area contributed by atoms with Crippen LogP contribution in [0, 0.1) is 18.8 Å². The summed E-state index contributed by atoms with van der Waals surface area (Å²) < 4.78 is 0. The molecule has 1 unspecified atom stereocenters. The number of rotatable bonds is 5. The molecule has 2 rings (SSSR count). The molecule has 0 saturated carbocycles. The molecule has 112 valence electrons. The molecule has 0 fully saturated rings. The number of carbonyl (C=O) groups is 1. The van der Waals surface area contributed by atoms with Crippen molar-refractivity contribution < 1.29 is 4.79 Å². The van der Waals surface area contributed by atoms with Crippen LogP contribution in [0.4, 0.5) is 5.69 Å². The molecule has 0 aliphatic rings. The van der Waals surface area contributed by atoms with Gasteiger partial charge in [-0.15, -0.1) is 0 Å². The van der Waals surface area contributed by atoms with E-state index in [1.165, 1.54) is 0 Å². The number of hydrogen-bond donors (Lipinski definition) is 2. The number of anilines is 1. The van der Waals surface area contributed by atoms with Gasteiger partial charge in [0.15, 0.2) is 0 Å². The second kappa shape index (κ2) is 6.68. The van der Waals surface area contributed by atoms with Crippen LogP contribution in [0.3, 0.4) is 0 Å². The molecule has 1 heterocycles. The van der Waals surface area contributed by atoms with E-state index >= 15 is 0 Å². The Kier molecular flexibility index (Phi) is 4.91. The smallest absolute Gasteiger partial charge is 0.228 e. The van der Waals surface area contributed by atoms with Gasteiger partial charge in [-0.05, 0) is 43.0 Å². The Morgan fingerprint density at radius 1 is 1.33 bits per heavy atom. The minimum atomic E-state index is -0.155. The van der Waals surface area contributed by atoms with E-state index in [0.29, 0.717) is 12.5 Å². The Morgan fingerprint density at radius 2 is 2.10 bits per heavy atom. The summed E-state index contributed by atoms with van der Waals surface area (Å²) in [4.78, 5) is 16.8. The lowest BCUT2D eigenvalue weighted by Gasteiger charge is -2.18. The molecule has 0 radical (unpaired) electrons. The van der Waals surface area contributed by atoms with Gasteiger partial charge in [-0.3, -0.25) is 9.78 Å². The molecule has 0 saturated heterocycles. The Labute approximate surface area is 125 Å². The van der Waals surface area contributed by atoms with Gasteiger partial charge in [0, 0.05) is 18.1 Å². The Hall–Kier alpha value is -1.94. The van der Waals surface area contributed by atoms with Crippen molar-refractivity contribution in [3.05, 3.63) is 36.0 Å². The molecular formula is C17H23N3O. The first-order valence-corrected chi connectivity index (χ1v) is 7.38. The summed E-state index contributed by atoms with van der Waals surface area (Å²) in [6.45, 7) is 6.58. The summed E-state index contributed by atoms with van der Waals surface area (Å²) in [7, 11) is 0. The summed E-state index contributed by atoms with van der Waals surface area (Å²) >= 11 is 0. The molecule has 21 heavy (non-hydrogen) atoms. The number of pyridine rings is 1. The highest BCUT2D eigenvalue weighted by atomic mass is 16.1. The zero-order valence-electron chi connectivity index (χ0n) is 12.9. The zero-order chi connectivity index (χ0) is 15.4. The molecule has 1 amide bonds. The van der Waals surface area contributed by atoms with Gasteiger partial charge >= 0.3 is 0 Å². The fraction of sp³-hybridized carbons (Fsp3) is 0.412. The van der Waals surface area contributed by atoms with Crippen molar-refractivity contribution in [3.8, 4) is 0 Å². The van der Waals surface area contributed by atoms with Gasteiger partial charge in [0.2, 0.25) is 5.91 Å². The number of nitrogens with two attached hydrogens (primary N) is 1. The predicted octanol–water partition coefficient (Wildman–Crippen LogP) is 3.10. The fourth-order valence-electron chi connectivity index (χ4n) is 2.54. The molecule has 3 N–H and O–H groups in total. The zero-order valence-corrected chi connectivity index (χ0v) is 12.9. The largest absolute Gasteiger partial charge is 0.330 e. The topological polar surface area (TPSA) is 68.0 Å². The van der Waals surface area contributed by atoms with Crippen LogP contribution < -0.4 is 11.1 Å². The van der Waals surface area contributed by atoms with Gasteiger partial charge in [-0.2, -0.15) is 0 Å². The van der Waals surface area contributed by atoms with Crippen LogP contribution in [0.25, 0.3) is 10.9 Å². The Morgan fingerprint density at radius 3 is 2.76 bits per heavy atom. The van der Waals surface area contributed by atoms with Gasteiger partial charge in [-0.25, -0.2) is 0 Å². The number of nitrogens with zero attached hydrogens (tertiary/aromatic N) is 1. The van der Waals surface area contributed by atoms with E-state index in [1.54, 1.807) is 6.20 Å². The lowest BCUT2D eigenvalue weighted by Crippen LogP contribution is -2.30. The van der Waals surface area contributed by atoms with Crippen LogP contribution in [0.1, 0.15) is 25.8 Å². The van der Waals surface area contributed by atoms with Crippen LogP contribution in [0.2, 0.25) is 0 Å². The number of fused-ring (bicyclic) bond motifs is 1. The van der Waals surface area contributed by atoms with Crippen molar-refractivity contribution in [2.24, 2.45) is 17.6 Å². The number of nitrogens with one attached hydrogen (secondary N) is 1. The first-order valence-electron chi connectivity index (χ1n) is 7.38. The first kappa shape index (κ1) is 15.4. The van der Waals surface area contributed by atoms with Crippen LogP contribution >= 0.6 is 0 Å². The molecule has 1 aromatic carbocycles. The van der Waals surface area contributed by atoms with Gasteiger partial charge in [-0.1, -0.05) is 19.9 Å². The third-order valence-corrected chi connectivity index (χ3v) is 3.64. The molecular weight excluding hydrogens is 262 g/mol. The van der Waals surface area contributed by atoms with E-state index < -0.39 is 0 Å². The van der Waals surface area contributed by atoms with E-state index in [1.807, 2.05) is 31.2 Å². The number of hydrogen-bond acceptors (Lipinski definition) is 3. The maximum Gasteiger partial charge on any atom is 0.228 e. The third-order valence-electron chi connectivity index (χ3n) is 3.64. The minimum absolute atomic E-state index is 0.0137. The molecule has 2 aromatic rings. The number of aryl methyl sites for hydroxylation is 1. The lowest BCUT2D eigenvalue weighted by molar-refractivity contribution is -0.120. The van der Waals surface area contributed by atoms with Crippen LogP contribution in [-0.4, -0.2) is 17.4 Å². The van der Waals surface area contributed by atoms with Gasteiger partial charge in [0.25, 0.3) is 0 Å². The third kappa shape index (κ3) is 3.58. The fourth-order valence-corrected chi connectivity index (χ4v) is 2.54. The van der Waals surface area contributed by atoms with Crippen LogP contribution in [0.5, 0.6) is 0 Å². The van der Waals surface area contributed by atoms with E-state index in [4.69, 9.17) is 5.73 Å². The summed E-state index contributed by atoms with van der Waals surface area (Å²) in [5.41, 5.74) is 8.56. The standard InChI is InChI=1S/C17H23N3O/c1-11(2)9-13(10-18)17(21)20-15-7-6-12(3)16-14(15)5-4-8-19-16/h4-8,11,13H,9-10,18H2,1-3H3,(H,20,21). The maximum absolute atomic E-state index is 12.4. The van der Waals surface area contributed by atoms with Crippen molar-refractivity contribution in [1.29, 1.82) is 0 Å². The van der Waals surface area contributed by atoms with E-state index in [-0.39, 0.29) is 11.8 Å². The molecule has 0 bridgehead atoms. The van der Waals surface area contributed by atoms with Gasteiger partial charge in [0.1, 0.15) is 0 Å². The normalized spacial score (nSPS) is 12.6. The highest BCUT2D eigenvalue weighted by Gasteiger charge is 2.19. The predicted molar refractivity (Wildman–Crippen MR) is 87.1 cm³/mol. The highest BCUT2D eigenvalue weighted by Crippen LogP contribution is 2.25. The average Bonchev–Trinajstić information content (AvgIpc) is 2.47. The first-order chi connectivity index (χ1) is 10.0. The Bertz CT molecular complexity index is 637. The molecule has 1 aromatic heterocycles. The number of carbonyl (C=O) groups excluding carboxylic acids is 1. The summed E-state index contributed by atoms with van der Waals surface area (Å²) in [6, 6.07) is 7.77. The second-order valence-corrected chi connectivity index (χ2v) is 5.88. The summed E-state index contributed by atoms with van der Waals surface area (Å²) in [6.07, 6.45) is 2.56. The summed E-state index contributed by atoms with van der Waals surface area (Å²) in [5, 5.41) is 3.97. The van der Waals surface area contributed by atoms with Crippen molar-refractivity contribution in [2.45, 2.75) is 27.2 Å². The quantitative estimate of drug-likeness (QED) is 0.887. The second-order valence-electron chi connectivity index (χ2n) is 5.88. The molecule has 1 atom stereocenters. The van der Waals surface area contributed by atoms with Crippen molar-refractivity contribution in [1.82, 2.24) is 4.98 Å². The van der Waals surface area contributed by atoms with E-state index in [2.05, 4.69) is 24.1 Å². The van der Waals surface area contributed by atoms with Gasteiger partial charge in [0.05, 0.1) is 17.1 Å². The highest BCUT2D eigenvalue weighted by molar-refractivity contribution is 6.02. The number of amides is 1. The maximum atomic E-state index is 12.4. The van der Waals surface area contributed by atoms with E-state index in [9.17, 15) is 4.79 Å².